The van der Waals surface area contributed by atoms with Crippen molar-refractivity contribution < 1.29 is 9.90 Å². The predicted molar refractivity (Wildman–Crippen MR) is 86.4 cm³/mol. The van der Waals surface area contributed by atoms with Crippen LogP contribution in [-0.2, 0) is 11.3 Å². The molecule has 0 saturated carbocycles. The Hall–Kier alpha value is -0.100. The zero-order chi connectivity index (χ0) is 14.9. The predicted octanol–water partition coefficient (Wildman–Crippen LogP) is 4.49. The van der Waals surface area contributed by atoms with E-state index in [9.17, 15) is 9.90 Å². The Kier molecular flexibility index (Phi) is 5.16. The summed E-state index contributed by atoms with van der Waals surface area (Å²) in [5.41, 5.74) is -0.660. The molecule has 0 aliphatic carbocycles. The van der Waals surface area contributed by atoms with Crippen molar-refractivity contribution in [2.24, 2.45) is 11.3 Å². The Morgan fingerprint density at radius 2 is 2.35 bits per heavy atom. The molecule has 1 fully saturated rings. The molecule has 1 atom stereocenters. The van der Waals surface area contributed by atoms with E-state index in [-0.39, 0.29) is 5.92 Å². The van der Waals surface area contributed by atoms with E-state index in [0.717, 1.165) is 41.3 Å². The number of aliphatic carboxylic acids is 1. The molecule has 112 valence electrons. The molecule has 1 aliphatic heterocycles. The van der Waals surface area contributed by atoms with Crippen molar-refractivity contribution in [2.45, 2.75) is 33.2 Å². The van der Waals surface area contributed by atoms with E-state index in [4.69, 9.17) is 11.6 Å². The van der Waals surface area contributed by atoms with Gasteiger partial charge in [0.2, 0.25) is 0 Å². The molecule has 0 spiro atoms. The van der Waals surface area contributed by atoms with Gasteiger partial charge in [0.15, 0.2) is 0 Å². The molecule has 1 aromatic heterocycles. The second-order valence-electron chi connectivity index (χ2n) is 5.94. The van der Waals surface area contributed by atoms with Crippen LogP contribution in [0.5, 0.6) is 0 Å². The highest BCUT2D eigenvalue weighted by atomic mass is 79.9. The standard InChI is InChI=1S/C14H19BrClNO2S/c1-14(2,13(18)19)9-4-3-5-17(7-9)8-10-6-11(15)12(16)20-10/h6,9H,3-5,7-8H2,1-2H3,(H,18,19). The molecule has 2 rings (SSSR count). The monoisotopic (exact) mass is 379 g/mol. The van der Waals surface area contributed by atoms with E-state index in [2.05, 4.69) is 26.9 Å². The number of rotatable bonds is 4. The summed E-state index contributed by atoms with van der Waals surface area (Å²) in [6, 6.07) is 2.05. The van der Waals surface area contributed by atoms with Gasteiger partial charge < -0.3 is 5.11 Å². The maximum Gasteiger partial charge on any atom is 0.309 e. The summed E-state index contributed by atoms with van der Waals surface area (Å²) in [6.07, 6.45) is 2.05. The molecule has 0 amide bonds. The van der Waals surface area contributed by atoms with Crippen LogP contribution in [-0.4, -0.2) is 29.1 Å². The van der Waals surface area contributed by atoms with E-state index < -0.39 is 11.4 Å². The number of carboxylic acid groups (broad SMARTS) is 1. The van der Waals surface area contributed by atoms with E-state index in [1.165, 1.54) is 4.88 Å². The first-order chi connectivity index (χ1) is 9.30. The molecule has 1 unspecified atom stereocenters. The third-order valence-corrected chi connectivity index (χ3v) is 6.61. The Bertz CT molecular complexity index is 484. The van der Waals surface area contributed by atoms with Gasteiger partial charge in [-0.1, -0.05) is 11.6 Å². The van der Waals surface area contributed by atoms with Gasteiger partial charge in [0.25, 0.3) is 0 Å². The maximum absolute atomic E-state index is 11.4. The lowest BCUT2D eigenvalue weighted by molar-refractivity contribution is -0.151. The quantitative estimate of drug-likeness (QED) is 0.837. The molecular formula is C14H19BrClNO2S. The minimum atomic E-state index is -0.703. The van der Waals surface area contributed by atoms with Gasteiger partial charge in [-0.05, 0) is 61.1 Å². The second kappa shape index (κ2) is 6.34. The largest absolute Gasteiger partial charge is 0.481 e. The first-order valence-corrected chi connectivity index (χ1v) is 8.69. The number of carbonyl (C=O) groups is 1. The lowest BCUT2D eigenvalue weighted by Crippen LogP contribution is -2.44. The Morgan fingerprint density at radius 1 is 1.65 bits per heavy atom. The van der Waals surface area contributed by atoms with Crippen LogP contribution in [0.1, 0.15) is 31.6 Å². The van der Waals surface area contributed by atoms with Crippen molar-refractivity contribution >= 4 is 44.8 Å². The van der Waals surface area contributed by atoms with E-state index >= 15 is 0 Å². The molecular weight excluding hydrogens is 362 g/mol. The molecule has 1 N–H and O–H groups in total. The van der Waals surface area contributed by atoms with Gasteiger partial charge in [0, 0.05) is 22.4 Å². The van der Waals surface area contributed by atoms with Crippen molar-refractivity contribution in [2.75, 3.05) is 13.1 Å². The lowest BCUT2D eigenvalue weighted by atomic mass is 9.74. The summed E-state index contributed by atoms with van der Waals surface area (Å²) in [5, 5.41) is 9.37. The summed E-state index contributed by atoms with van der Waals surface area (Å²) in [7, 11) is 0. The van der Waals surface area contributed by atoms with Crippen LogP contribution >= 0.6 is 38.9 Å². The van der Waals surface area contributed by atoms with Gasteiger partial charge in [-0.3, -0.25) is 9.69 Å². The minimum absolute atomic E-state index is 0.202. The Labute approximate surface area is 137 Å². The fourth-order valence-corrected chi connectivity index (χ4v) is 4.49. The molecule has 20 heavy (non-hydrogen) atoms. The number of hydrogen-bond donors (Lipinski definition) is 1. The average molecular weight is 381 g/mol. The van der Waals surface area contributed by atoms with Gasteiger partial charge >= 0.3 is 5.97 Å². The van der Waals surface area contributed by atoms with Crippen LogP contribution in [0.25, 0.3) is 0 Å². The number of thiophene rings is 1. The fraction of sp³-hybridized carbons (Fsp3) is 0.643. The highest BCUT2D eigenvalue weighted by molar-refractivity contribution is 9.10. The number of likely N-dealkylation sites (tertiary alicyclic amines) is 1. The van der Waals surface area contributed by atoms with Crippen molar-refractivity contribution in [1.29, 1.82) is 0 Å². The van der Waals surface area contributed by atoms with Crippen LogP contribution in [0.3, 0.4) is 0 Å². The smallest absolute Gasteiger partial charge is 0.309 e. The van der Waals surface area contributed by atoms with Gasteiger partial charge in [0.1, 0.15) is 4.34 Å². The third kappa shape index (κ3) is 3.56. The zero-order valence-electron chi connectivity index (χ0n) is 11.7. The van der Waals surface area contributed by atoms with Crippen molar-refractivity contribution in [3.63, 3.8) is 0 Å². The Balaban J connectivity index is 2.02. The van der Waals surface area contributed by atoms with Gasteiger partial charge in [-0.15, -0.1) is 11.3 Å². The number of hydrogen-bond acceptors (Lipinski definition) is 3. The number of carboxylic acids is 1. The molecule has 0 radical (unpaired) electrons. The molecule has 1 aliphatic rings. The SMILES string of the molecule is CC(C)(C(=O)O)C1CCCN(Cc2cc(Br)c(Cl)s2)C1. The molecule has 3 nitrogen and oxygen atoms in total. The van der Waals surface area contributed by atoms with E-state index in [1.54, 1.807) is 11.3 Å². The summed E-state index contributed by atoms with van der Waals surface area (Å²) in [4.78, 5) is 15.0. The highest BCUT2D eigenvalue weighted by Crippen LogP contribution is 2.36. The first-order valence-electron chi connectivity index (χ1n) is 6.70. The topological polar surface area (TPSA) is 40.5 Å². The normalized spacial score (nSPS) is 21.1. The van der Waals surface area contributed by atoms with Crippen molar-refractivity contribution in [3.8, 4) is 0 Å². The van der Waals surface area contributed by atoms with Crippen molar-refractivity contribution in [3.05, 3.63) is 19.8 Å². The van der Waals surface area contributed by atoms with Gasteiger partial charge in [-0.25, -0.2) is 0 Å². The second-order valence-corrected chi connectivity index (χ2v) is 8.53. The first kappa shape index (κ1) is 16.3. The Morgan fingerprint density at radius 3 is 2.90 bits per heavy atom. The van der Waals surface area contributed by atoms with Crippen molar-refractivity contribution in [1.82, 2.24) is 4.90 Å². The van der Waals surface area contributed by atoms with Crippen LogP contribution in [0.15, 0.2) is 10.5 Å². The lowest BCUT2D eigenvalue weighted by Gasteiger charge is -2.39. The molecule has 0 aromatic carbocycles. The van der Waals surface area contributed by atoms with Gasteiger partial charge in [0.05, 0.1) is 5.41 Å². The highest BCUT2D eigenvalue weighted by Gasteiger charge is 2.39. The fourth-order valence-electron chi connectivity index (χ4n) is 2.65. The summed E-state index contributed by atoms with van der Waals surface area (Å²) >= 11 is 11.1. The number of nitrogens with zero attached hydrogens (tertiary/aromatic N) is 1. The molecule has 1 aromatic rings. The molecule has 0 bridgehead atoms. The van der Waals surface area contributed by atoms with E-state index in [0.29, 0.717) is 0 Å². The minimum Gasteiger partial charge on any atom is -0.481 e. The molecule has 6 heteroatoms. The van der Waals surface area contributed by atoms with Crippen LogP contribution < -0.4 is 0 Å². The summed E-state index contributed by atoms with van der Waals surface area (Å²) in [5.74, 6) is -0.501. The maximum atomic E-state index is 11.4. The average Bonchev–Trinajstić information content (AvgIpc) is 2.68. The summed E-state index contributed by atoms with van der Waals surface area (Å²) < 4.78 is 1.72. The number of piperidine rings is 1. The zero-order valence-corrected chi connectivity index (χ0v) is 14.8. The van der Waals surface area contributed by atoms with E-state index in [1.807, 2.05) is 13.8 Å². The third-order valence-electron chi connectivity index (χ3n) is 4.15. The van der Waals surface area contributed by atoms with Gasteiger partial charge in [-0.2, -0.15) is 0 Å². The molecule has 1 saturated heterocycles. The number of halogens is 2. The molecule has 2 heterocycles. The summed E-state index contributed by atoms with van der Waals surface area (Å²) in [6.45, 7) is 6.39. The van der Waals surface area contributed by atoms with Crippen LogP contribution in [0.2, 0.25) is 4.34 Å². The van der Waals surface area contributed by atoms with Crippen LogP contribution in [0, 0.1) is 11.3 Å². The van der Waals surface area contributed by atoms with Crippen LogP contribution in [0.4, 0.5) is 0 Å².